The first kappa shape index (κ1) is 14.9. The Morgan fingerprint density at radius 1 is 1.41 bits per heavy atom. The SMILES string of the molecule is NCC(NC(=O)Cn1nnc(-c2ccc(Cl)cc2)n1)C1CC1. The van der Waals surface area contributed by atoms with Crippen LogP contribution in [0.5, 0.6) is 0 Å². The van der Waals surface area contributed by atoms with Gasteiger partial charge in [0.1, 0.15) is 6.54 Å². The fourth-order valence-electron chi connectivity index (χ4n) is 2.27. The Morgan fingerprint density at radius 2 is 2.14 bits per heavy atom. The van der Waals surface area contributed by atoms with Gasteiger partial charge in [0, 0.05) is 23.2 Å². The van der Waals surface area contributed by atoms with Crippen LogP contribution in [0, 0.1) is 5.92 Å². The van der Waals surface area contributed by atoms with E-state index in [1.807, 2.05) is 0 Å². The number of carbonyl (C=O) groups excluding carboxylic acids is 1. The summed E-state index contributed by atoms with van der Waals surface area (Å²) in [7, 11) is 0. The lowest BCUT2D eigenvalue weighted by Gasteiger charge is -2.15. The second kappa shape index (κ2) is 6.41. The minimum absolute atomic E-state index is 0.0316. The number of nitrogens with one attached hydrogen (secondary N) is 1. The molecule has 1 aromatic carbocycles. The van der Waals surface area contributed by atoms with Gasteiger partial charge in [0.05, 0.1) is 0 Å². The van der Waals surface area contributed by atoms with Crippen molar-refractivity contribution >= 4 is 17.5 Å². The quantitative estimate of drug-likeness (QED) is 0.822. The van der Waals surface area contributed by atoms with Crippen molar-refractivity contribution in [2.45, 2.75) is 25.4 Å². The monoisotopic (exact) mass is 320 g/mol. The van der Waals surface area contributed by atoms with Gasteiger partial charge in [0.15, 0.2) is 0 Å². The highest BCUT2D eigenvalue weighted by molar-refractivity contribution is 6.30. The van der Waals surface area contributed by atoms with Crippen molar-refractivity contribution in [3.63, 3.8) is 0 Å². The Kier molecular flexibility index (Phi) is 4.35. The largest absolute Gasteiger partial charge is 0.350 e. The zero-order valence-corrected chi connectivity index (χ0v) is 12.7. The smallest absolute Gasteiger partial charge is 0.243 e. The van der Waals surface area contributed by atoms with Crippen molar-refractivity contribution in [1.29, 1.82) is 0 Å². The molecule has 22 heavy (non-hydrogen) atoms. The third-order valence-corrected chi connectivity index (χ3v) is 3.88. The van der Waals surface area contributed by atoms with Crippen LogP contribution in [0.3, 0.4) is 0 Å². The summed E-state index contributed by atoms with van der Waals surface area (Å²) in [5.74, 6) is 0.826. The van der Waals surface area contributed by atoms with Crippen molar-refractivity contribution in [1.82, 2.24) is 25.5 Å². The van der Waals surface area contributed by atoms with Crippen LogP contribution in [0.1, 0.15) is 12.8 Å². The summed E-state index contributed by atoms with van der Waals surface area (Å²) in [6.07, 6.45) is 2.26. The van der Waals surface area contributed by atoms with Gasteiger partial charge in [-0.25, -0.2) is 0 Å². The number of tetrazole rings is 1. The molecule has 1 aliphatic carbocycles. The highest BCUT2D eigenvalue weighted by Crippen LogP contribution is 2.32. The van der Waals surface area contributed by atoms with Gasteiger partial charge in [-0.3, -0.25) is 4.79 Å². The van der Waals surface area contributed by atoms with Crippen LogP contribution in [0.2, 0.25) is 5.02 Å². The number of rotatable bonds is 6. The molecule has 0 spiro atoms. The molecule has 1 amide bonds. The molecule has 0 aliphatic heterocycles. The van der Waals surface area contributed by atoms with Crippen LogP contribution in [0.4, 0.5) is 0 Å². The van der Waals surface area contributed by atoms with Crippen LogP contribution in [0.15, 0.2) is 24.3 Å². The van der Waals surface area contributed by atoms with E-state index in [0.717, 1.165) is 18.4 Å². The number of amides is 1. The fraction of sp³-hybridized carbons (Fsp3) is 0.429. The highest BCUT2D eigenvalue weighted by atomic mass is 35.5. The summed E-state index contributed by atoms with van der Waals surface area (Å²) < 4.78 is 0. The Balaban J connectivity index is 1.61. The number of nitrogens with two attached hydrogens (primary N) is 1. The van der Waals surface area contributed by atoms with E-state index in [1.54, 1.807) is 24.3 Å². The van der Waals surface area contributed by atoms with Gasteiger partial charge < -0.3 is 11.1 Å². The first-order valence-electron chi connectivity index (χ1n) is 7.19. The average molecular weight is 321 g/mol. The number of nitrogens with zero attached hydrogens (tertiary/aromatic N) is 4. The number of carbonyl (C=O) groups is 1. The van der Waals surface area contributed by atoms with Crippen LogP contribution < -0.4 is 11.1 Å². The normalized spacial score (nSPS) is 15.5. The summed E-state index contributed by atoms with van der Waals surface area (Å²) in [5.41, 5.74) is 6.47. The lowest BCUT2D eigenvalue weighted by atomic mass is 10.2. The first-order valence-corrected chi connectivity index (χ1v) is 7.56. The zero-order valence-electron chi connectivity index (χ0n) is 11.9. The third kappa shape index (κ3) is 3.61. The van der Waals surface area contributed by atoms with Crippen molar-refractivity contribution in [2.75, 3.05) is 6.54 Å². The molecule has 7 nitrogen and oxygen atoms in total. The van der Waals surface area contributed by atoms with Crippen molar-refractivity contribution < 1.29 is 4.79 Å². The summed E-state index contributed by atoms with van der Waals surface area (Å²) in [5, 5.41) is 15.6. The van der Waals surface area contributed by atoms with Crippen LogP contribution in [-0.2, 0) is 11.3 Å². The number of aromatic nitrogens is 4. The van der Waals surface area contributed by atoms with Crippen LogP contribution >= 0.6 is 11.6 Å². The van der Waals surface area contributed by atoms with Gasteiger partial charge in [0.25, 0.3) is 0 Å². The van der Waals surface area contributed by atoms with E-state index in [4.69, 9.17) is 17.3 Å². The van der Waals surface area contributed by atoms with Crippen molar-refractivity contribution in [3.05, 3.63) is 29.3 Å². The molecule has 1 fully saturated rings. The molecule has 3 rings (SSSR count). The van der Waals surface area contributed by atoms with Gasteiger partial charge in [-0.1, -0.05) is 11.6 Å². The maximum absolute atomic E-state index is 12.0. The molecule has 116 valence electrons. The van der Waals surface area contributed by atoms with Gasteiger partial charge in [-0.15, -0.1) is 10.2 Å². The minimum Gasteiger partial charge on any atom is -0.350 e. The summed E-state index contributed by atoms with van der Waals surface area (Å²) >= 11 is 5.84. The Morgan fingerprint density at radius 3 is 2.77 bits per heavy atom. The first-order chi connectivity index (χ1) is 10.7. The fourth-order valence-corrected chi connectivity index (χ4v) is 2.40. The predicted molar refractivity (Wildman–Crippen MR) is 82.0 cm³/mol. The molecule has 1 atom stereocenters. The second-order valence-corrected chi connectivity index (χ2v) is 5.83. The van der Waals surface area contributed by atoms with E-state index in [2.05, 4.69) is 20.7 Å². The summed E-state index contributed by atoms with van der Waals surface area (Å²) in [6.45, 7) is 0.487. The van der Waals surface area contributed by atoms with Gasteiger partial charge in [-0.05, 0) is 48.2 Å². The van der Waals surface area contributed by atoms with Crippen LogP contribution in [-0.4, -0.2) is 38.7 Å². The van der Waals surface area contributed by atoms with Gasteiger partial charge in [-0.2, -0.15) is 4.80 Å². The number of hydrogen-bond donors (Lipinski definition) is 2. The second-order valence-electron chi connectivity index (χ2n) is 5.40. The van der Waals surface area contributed by atoms with Crippen LogP contribution in [0.25, 0.3) is 11.4 Å². The zero-order chi connectivity index (χ0) is 15.5. The molecule has 1 saturated carbocycles. The van der Waals surface area contributed by atoms with E-state index in [1.165, 1.54) is 4.80 Å². The van der Waals surface area contributed by atoms with E-state index in [-0.39, 0.29) is 18.5 Å². The molecule has 8 heteroatoms. The lowest BCUT2D eigenvalue weighted by Crippen LogP contribution is -2.43. The summed E-state index contributed by atoms with van der Waals surface area (Å²) in [6, 6.07) is 7.17. The molecule has 0 saturated heterocycles. The van der Waals surface area contributed by atoms with E-state index < -0.39 is 0 Å². The molecular weight excluding hydrogens is 304 g/mol. The van der Waals surface area contributed by atoms with Crippen molar-refractivity contribution in [3.8, 4) is 11.4 Å². The highest BCUT2D eigenvalue weighted by Gasteiger charge is 2.31. The third-order valence-electron chi connectivity index (χ3n) is 3.63. The molecule has 0 radical (unpaired) electrons. The maximum Gasteiger partial charge on any atom is 0.243 e. The van der Waals surface area contributed by atoms with E-state index >= 15 is 0 Å². The number of halogens is 1. The molecule has 1 aliphatic rings. The maximum atomic E-state index is 12.0. The average Bonchev–Trinajstić information content (AvgIpc) is 3.25. The molecule has 1 heterocycles. The molecular formula is C14H17ClN6O. The predicted octanol–water partition coefficient (Wildman–Crippen LogP) is 0.847. The molecule has 3 N–H and O–H groups in total. The number of benzene rings is 1. The van der Waals surface area contributed by atoms with E-state index in [9.17, 15) is 4.79 Å². The molecule has 1 unspecified atom stereocenters. The van der Waals surface area contributed by atoms with E-state index in [0.29, 0.717) is 23.3 Å². The van der Waals surface area contributed by atoms with Gasteiger partial charge >= 0.3 is 0 Å². The lowest BCUT2D eigenvalue weighted by molar-refractivity contribution is -0.122. The van der Waals surface area contributed by atoms with Gasteiger partial charge in [0.2, 0.25) is 11.7 Å². The molecule has 1 aromatic heterocycles. The standard InChI is InChI=1S/C14H17ClN6O/c15-11-5-3-10(4-6-11)14-18-20-21(19-14)8-13(22)17-12(7-16)9-1-2-9/h3-6,9,12H,1-2,7-8,16H2,(H,17,22). The summed E-state index contributed by atoms with van der Waals surface area (Å²) in [4.78, 5) is 13.3. The van der Waals surface area contributed by atoms with Crippen molar-refractivity contribution in [2.24, 2.45) is 11.7 Å². The Labute approximate surface area is 132 Å². The topological polar surface area (TPSA) is 98.7 Å². The number of hydrogen-bond acceptors (Lipinski definition) is 5. The Bertz CT molecular complexity index is 652. The minimum atomic E-state index is -0.151. The Hall–Kier alpha value is -1.99. The molecule has 0 bridgehead atoms. The molecule has 2 aromatic rings.